The SMILES string of the molecule is C=CCN(Cc1cccn1Cc1ccccc1C)C(=O)c1cc(OC)cc(OC)c1. The van der Waals surface area contributed by atoms with Crippen LogP contribution < -0.4 is 9.47 Å². The molecule has 0 aliphatic rings. The van der Waals surface area contributed by atoms with Crippen molar-refractivity contribution in [3.63, 3.8) is 0 Å². The molecule has 0 radical (unpaired) electrons. The molecule has 30 heavy (non-hydrogen) atoms. The maximum absolute atomic E-state index is 13.3. The third kappa shape index (κ3) is 4.92. The fourth-order valence-electron chi connectivity index (χ4n) is 3.40. The van der Waals surface area contributed by atoms with Crippen LogP contribution in [-0.2, 0) is 13.1 Å². The van der Waals surface area contributed by atoms with Crippen molar-refractivity contribution in [1.82, 2.24) is 9.47 Å². The van der Waals surface area contributed by atoms with Gasteiger partial charge in [0, 0.05) is 36.6 Å². The van der Waals surface area contributed by atoms with Crippen molar-refractivity contribution in [3.8, 4) is 11.5 Å². The first-order valence-corrected chi connectivity index (χ1v) is 9.87. The zero-order valence-electron chi connectivity index (χ0n) is 17.8. The molecule has 0 spiro atoms. The molecule has 156 valence electrons. The average molecular weight is 405 g/mol. The van der Waals surface area contributed by atoms with Crippen LogP contribution in [0.1, 0.15) is 27.2 Å². The molecule has 1 heterocycles. The molecule has 0 atom stereocenters. The van der Waals surface area contributed by atoms with Gasteiger partial charge >= 0.3 is 0 Å². The van der Waals surface area contributed by atoms with Crippen LogP contribution in [0.5, 0.6) is 11.5 Å². The van der Waals surface area contributed by atoms with Gasteiger partial charge in [-0.25, -0.2) is 0 Å². The molecule has 5 nitrogen and oxygen atoms in total. The first-order chi connectivity index (χ1) is 14.5. The van der Waals surface area contributed by atoms with Crippen molar-refractivity contribution in [2.75, 3.05) is 20.8 Å². The highest BCUT2D eigenvalue weighted by Gasteiger charge is 2.18. The van der Waals surface area contributed by atoms with Gasteiger partial charge in [0.1, 0.15) is 11.5 Å². The number of hydrogen-bond donors (Lipinski definition) is 0. The predicted molar refractivity (Wildman–Crippen MR) is 119 cm³/mol. The summed E-state index contributed by atoms with van der Waals surface area (Å²) in [6, 6.07) is 17.6. The monoisotopic (exact) mass is 404 g/mol. The van der Waals surface area contributed by atoms with E-state index >= 15 is 0 Å². The van der Waals surface area contributed by atoms with Crippen LogP contribution in [0.25, 0.3) is 0 Å². The smallest absolute Gasteiger partial charge is 0.254 e. The molecule has 3 rings (SSSR count). The fraction of sp³-hybridized carbons (Fsp3) is 0.240. The minimum absolute atomic E-state index is 0.101. The number of carbonyl (C=O) groups excluding carboxylic acids is 1. The first-order valence-electron chi connectivity index (χ1n) is 9.87. The number of carbonyl (C=O) groups is 1. The van der Waals surface area contributed by atoms with Crippen molar-refractivity contribution in [1.29, 1.82) is 0 Å². The number of aromatic nitrogens is 1. The number of aryl methyl sites for hydroxylation is 1. The second-order valence-electron chi connectivity index (χ2n) is 7.13. The van der Waals surface area contributed by atoms with Gasteiger partial charge in [0.2, 0.25) is 0 Å². The summed E-state index contributed by atoms with van der Waals surface area (Å²) < 4.78 is 12.8. The molecular weight excluding hydrogens is 376 g/mol. The third-order valence-corrected chi connectivity index (χ3v) is 5.11. The van der Waals surface area contributed by atoms with E-state index in [0.29, 0.717) is 30.2 Å². The Kier molecular flexibility index (Phi) is 6.96. The molecule has 1 aromatic heterocycles. The second kappa shape index (κ2) is 9.83. The van der Waals surface area contributed by atoms with Crippen LogP contribution >= 0.6 is 0 Å². The van der Waals surface area contributed by atoms with Crippen molar-refractivity contribution in [3.05, 3.63) is 95.8 Å². The highest BCUT2D eigenvalue weighted by molar-refractivity contribution is 5.95. The largest absolute Gasteiger partial charge is 0.497 e. The second-order valence-corrected chi connectivity index (χ2v) is 7.13. The third-order valence-electron chi connectivity index (χ3n) is 5.11. The Balaban J connectivity index is 1.85. The number of hydrogen-bond acceptors (Lipinski definition) is 3. The number of rotatable bonds is 9. The van der Waals surface area contributed by atoms with Crippen molar-refractivity contribution < 1.29 is 14.3 Å². The summed E-state index contributed by atoms with van der Waals surface area (Å²) in [5.74, 6) is 1.06. The maximum Gasteiger partial charge on any atom is 0.254 e. The molecule has 0 aliphatic heterocycles. The van der Waals surface area contributed by atoms with Crippen molar-refractivity contribution >= 4 is 5.91 Å². The zero-order valence-corrected chi connectivity index (χ0v) is 17.8. The summed E-state index contributed by atoms with van der Waals surface area (Å²) in [7, 11) is 3.14. The van der Waals surface area contributed by atoms with Gasteiger partial charge in [-0.3, -0.25) is 4.79 Å². The first kappa shape index (κ1) is 21.2. The highest BCUT2D eigenvalue weighted by Crippen LogP contribution is 2.24. The number of amides is 1. The summed E-state index contributed by atoms with van der Waals surface area (Å²) >= 11 is 0. The molecule has 0 aliphatic carbocycles. The molecule has 3 aromatic rings. The Morgan fingerprint density at radius 3 is 2.40 bits per heavy atom. The number of nitrogens with zero attached hydrogens (tertiary/aromatic N) is 2. The van der Waals surface area contributed by atoms with Gasteiger partial charge < -0.3 is 18.9 Å². The lowest BCUT2D eigenvalue weighted by Gasteiger charge is -2.23. The van der Waals surface area contributed by atoms with E-state index in [1.165, 1.54) is 11.1 Å². The molecule has 0 fully saturated rings. The van der Waals surface area contributed by atoms with Gasteiger partial charge in [-0.15, -0.1) is 6.58 Å². The summed E-state index contributed by atoms with van der Waals surface area (Å²) in [4.78, 5) is 15.0. The van der Waals surface area contributed by atoms with E-state index in [1.54, 1.807) is 43.4 Å². The van der Waals surface area contributed by atoms with Gasteiger partial charge in [-0.05, 0) is 42.3 Å². The molecule has 0 saturated heterocycles. The molecule has 0 N–H and O–H groups in total. The lowest BCUT2D eigenvalue weighted by atomic mass is 10.1. The van der Waals surface area contributed by atoms with Gasteiger partial charge in [-0.2, -0.15) is 0 Å². The standard InChI is InChI=1S/C25H28N2O3/c1-5-12-27(25(28)21-14-23(29-3)16-24(15-21)30-4)18-22-11-8-13-26(22)17-20-10-7-6-9-19(20)2/h5-11,13-16H,1,12,17-18H2,2-4H3. The van der Waals surface area contributed by atoms with Gasteiger partial charge in [0.05, 0.1) is 20.8 Å². The lowest BCUT2D eigenvalue weighted by molar-refractivity contribution is 0.0758. The molecule has 0 bridgehead atoms. The summed E-state index contributed by atoms with van der Waals surface area (Å²) in [5.41, 5.74) is 4.09. The topological polar surface area (TPSA) is 43.7 Å². The van der Waals surface area contributed by atoms with E-state index in [1.807, 2.05) is 24.4 Å². The summed E-state index contributed by atoms with van der Waals surface area (Å²) in [5, 5.41) is 0. The van der Waals surface area contributed by atoms with Crippen LogP contribution in [0.2, 0.25) is 0 Å². The van der Waals surface area contributed by atoms with Crippen LogP contribution in [0.3, 0.4) is 0 Å². The Morgan fingerprint density at radius 1 is 1.07 bits per heavy atom. The molecule has 1 amide bonds. The van der Waals surface area contributed by atoms with Crippen molar-refractivity contribution in [2.45, 2.75) is 20.0 Å². The van der Waals surface area contributed by atoms with Gasteiger partial charge in [0.15, 0.2) is 0 Å². The van der Waals surface area contributed by atoms with E-state index in [2.05, 4.69) is 36.3 Å². The number of methoxy groups -OCH3 is 2. The lowest BCUT2D eigenvalue weighted by Crippen LogP contribution is -2.31. The maximum atomic E-state index is 13.3. The minimum atomic E-state index is -0.101. The quantitative estimate of drug-likeness (QED) is 0.486. The minimum Gasteiger partial charge on any atom is -0.497 e. The molecule has 0 unspecified atom stereocenters. The van der Waals surface area contributed by atoms with Crippen LogP contribution in [-0.4, -0.2) is 36.1 Å². The van der Waals surface area contributed by atoms with Gasteiger partial charge in [-0.1, -0.05) is 30.3 Å². The Morgan fingerprint density at radius 2 is 1.77 bits per heavy atom. The molecular formula is C25H28N2O3. The van der Waals surface area contributed by atoms with E-state index in [9.17, 15) is 4.79 Å². The van der Waals surface area contributed by atoms with E-state index in [-0.39, 0.29) is 5.91 Å². The number of ether oxygens (including phenoxy) is 2. The summed E-state index contributed by atoms with van der Waals surface area (Å²) in [6.07, 6.45) is 3.79. The number of benzene rings is 2. The van der Waals surface area contributed by atoms with E-state index < -0.39 is 0 Å². The Bertz CT molecular complexity index is 1000. The molecule has 5 heteroatoms. The van der Waals surface area contributed by atoms with E-state index in [4.69, 9.17) is 9.47 Å². The summed E-state index contributed by atoms with van der Waals surface area (Å²) in [6.45, 7) is 7.61. The van der Waals surface area contributed by atoms with Gasteiger partial charge in [0.25, 0.3) is 5.91 Å². The predicted octanol–water partition coefficient (Wildman–Crippen LogP) is 4.69. The Hall–Kier alpha value is -3.47. The van der Waals surface area contributed by atoms with Crippen LogP contribution in [0.15, 0.2) is 73.4 Å². The fourth-order valence-corrected chi connectivity index (χ4v) is 3.40. The Labute approximate surface area is 178 Å². The highest BCUT2D eigenvalue weighted by atomic mass is 16.5. The molecule has 0 saturated carbocycles. The normalized spacial score (nSPS) is 10.5. The van der Waals surface area contributed by atoms with Crippen LogP contribution in [0, 0.1) is 6.92 Å². The zero-order chi connectivity index (χ0) is 21.5. The van der Waals surface area contributed by atoms with E-state index in [0.717, 1.165) is 12.2 Å². The van der Waals surface area contributed by atoms with Crippen LogP contribution in [0.4, 0.5) is 0 Å². The molecule has 2 aromatic carbocycles. The average Bonchev–Trinajstić information content (AvgIpc) is 3.20. The van der Waals surface area contributed by atoms with Crippen molar-refractivity contribution in [2.24, 2.45) is 0 Å².